The monoisotopic (exact) mass is 1540 g/mol. The van der Waals surface area contributed by atoms with E-state index in [-0.39, 0.29) is 186 Å². The number of unbranched alkanes of at least 4 members (excludes halogenated alkanes) is 1. The molecular formula is C64H118N16O25S. The first-order valence-corrected chi connectivity index (χ1v) is 37.2. The van der Waals surface area contributed by atoms with Crippen LogP contribution < -0.4 is 37.2 Å². The van der Waals surface area contributed by atoms with E-state index in [4.69, 9.17) is 107 Å². The first-order valence-electron chi connectivity index (χ1n) is 36.2. The SMILES string of the molecule is [N-]=[N+]=NCCOCCOCCOCCOCCNC(=O)CCOCC(COCCC(=O)NCCOCCOCCOCCOCCN=[N+]=[N-])(COCCC(=O)NCCOCCOCCOCCOCCN=[N+]=[N-])NC(=O)CCOCCOCCOCCOCCNC(=O)CCCC[C@H]1SC[C@H]2NC(=O)N[C@H]21. The lowest BCUT2D eigenvalue weighted by molar-refractivity contribution is -0.131. The average Bonchev–Trinajstić information content (AvgIpc) is 1.68. The zero-order valence-corrected chi connectivity index (χ0v) is 62.4. The van der Waals surface area contributed by atoms with Crippen molar-refractivity contribution >= 4 is 47.3 Å². The van der Waals surface area contributed by atoms with E-state index in [0.717, 1.165) is 25.0 Å². The van der Waals surface area contributed by atoms with E-state index in [1.165, 1.54) is 0 Å². The molecular weight excluding hydrogens is 1420 g/mol. The van der Waals surface area contributed by atoms with E-state index in [2.05, 4.69) is 67.3 Å². The number of azide groups is 3. The van der Waals surface area contributed by atoms with Crippen LogP contribution in [-0.2, 0) is 114 Å². The number of hydrogen-bond acceptors (Lipinski definition) is 29. The van der Waals surface area contributed by atoms with E-state index in [1.54, 1.807) is 0 Å². The van der Waals surface area contributed by atoms with E-state index >= 15 is 0 Å². The number of nitrogens with zero attached hydrogens (tertiary/aromatic N) is 9. The van der Waals surface area contributed by atoms with Crippen molar-refractivity contribution in [1.82, 2.24) is 37.2 Å². The molecule has 0 aromatic carbocycles. The number of ether oxygens (including phenoxy) is 19. The lowest BCUT2D eigenvalue weighted by atomic mass is 10.0. The molecule has 0 aliphatic carbocycles. The minimum Gasteiger partial charge on any atom is -0.379 e. The van der Waals surface area contributed by atoms with E-state index in [9.17, 15) is 28.8 Å². The molecule has 2 heterocycles. The maximum Gasteiger partial charge on any atom is 0.315 e. The highest BCUT2D eigenvalue weighted by atomic mass is 32.2. The Hall–Kier alpha value is -5.86. The third-order valence-corrected chi connectivity index (χ3v) is 16.0. The van der Waals surface area contributed by atoms with Gasteiger partial charge in [0.05, 0.1) is 263 Å². The summed E-state index contributed by atoms with van der Waals surface area (Å²) in [6.07, 6.45) is 2.86. The molecule has 0 bridgehead atoms. The summed E-state index contributed by atoms with van der Waals surface area (Å²) in [5.74, 6) is -0.509. The van der Waals surface area contributed by atoms with Gasteiger partial charge in [-0.3, -0.25) is 24.0 Å². The summed E-state index contributed by atoms with van der Waals surface area (Å²) >= 11 is 1.87. The summed E-state index contributed by atoms with van der Waals surface area (Å²) in [5.41, 5.74) is 23.5. The molecule has 2 rings (SSSR count). The van der Waals surface area contributed by atoms with Crippen molar-refractivity contribution in [3.05, 3.63) is 31.3 Å². The zero-order valence-electron chi connectivity index (χ0n) is 61.6. The molecule has 2 saturated heterocycles. The van der Waals surface area contributed by atoms with Crippen molar-refractivity contribution in [2.45, 2.75) is 74.2 Å². The van der Waals surface area contributed by atoms with Gasteiger partial charge in [-0.2, -0.15) is 11.8 Å². The van der Waals surface area contributed by atoms with Crippen LogP contribution in [0, 0.1) is 0 Å². The first kappa shape index (κ1) is 96.2. The second-order valence-electron chi connectivity index (χ2n) is 22.9. The van der Waals surface area contributed by atoms with Crippen molar-refractivity contribution in [3.63, 3.8) is 0 Å². The molecule has 2 fully saturated rings. The quantitative estimate of drug-likeness (QED) is 0.0146. The number of hydrogen-bond donors (Lipinski definition) is 7. The van der Waals surface area contributed by atoms with Crippen LogP contribution in [-0.4, -0.2) is 361 Å². The van der Waals surface area contributed by atoms with Gasteiger partial charge in [0.1, 0.15) is 5.54 Å². The summed E-state index contributed by atoms with van der Waals surface area (Å²) < 4.78 is 106. The lowest BCUT2D eigenvalue weighted by Crippen LogP contribution is -2.59. The van der Waals surface area contributed by atoms with E-state index < -0.39 is 11.4 Å². The van der Waals surface area contributed by atoms with Crippen molar-refractivity contribution < 1.29 is 119 Å². The Morgan fingerprint density at radius 2 is 0.632 bits per heavy atom. The van der Waals surface area contributed by atoms with Crippen LogP contribution in [0.5, 0.6) is 0 Å². The molecule has 0 aromatic rings. The third-order valence-electron chi connectivity index (χ3n) is 14.4. The Morgan fingerprint density at radius 3 is 0.953 bits per heavy atom. The van der Waals surface area contributed by atoms with Crippen LogP contribution in [0.1, 0.15) is 51.4 Å². The topological polar surface area (TPSA) is 508 Å². The Bertz CT molecular complexity index is 2200. The molecule has 0 saturated carbocycles. The van der Waals surface area contributed by atoms with Crippen molar-refractivity contribution in [2.75, 3.05) is 303 Å². The molecule has 7 amide bonds. The standard InChI is InChI=1S/C64H118N16O25S/c65-78-72-13-24-92-32-40-100-48-45-97-37-29-89-21-10-69-58(82)5-17-103-52-64(53-104-18-6-59(83)70-11-22-90-30-38-98-46-49-101-41-33-93-25-14-73-79-66,54-105-19-7-60(84)71-12-23-91-31-39-99-47-50-102-42-34-94-26-15-74-80-67)77-61(85)8-16-87-27-35-95-43-44-96-36-28-88-20-9-68-57(81)4-2-1-3-56-62-55(51-106-56)75-63(86)76-62/h55-56,62H,1-54H2,(H,68,81)(H,69,82)(H,70,83)(H,71,84)(H,77,85)(H2,75,76,86)/t55-,56-,62-/m1/s1. The number of carbonyl (C=O) groups is 6. The van der Waals surface area contributed by atoms with Gasteiger partial charge in [-0.25, -0.2) is 4.79 Å². The number of carbonyl (C=O) groups excluding carboxylic acids is 6. The molecule has 0 radical (unpaired) electrons. The minimum atomic E-state index is -1.39. The minimum absolute atomic E-state index is 0.0203. The Morgan fingerprint density at radius 1 is 0.358 bits per heavy atom. The second kappa shape index (κ2) is 73.3. The summed E-state index contributed by atoms with van der Waals surface area (Å²) in [7, 11) is 0. The number of fused-ring (bicyclic) bond motifs is 1. The van der Waals surface area contributed by atoms with Gasteiger partial charge in [0.2, 0.25) is 29.5 Å². The summed E-state index contributed by atoms with van der Waals surface area (Å²) in [4.78, 5) is 84.3. The molecule has 7 N–H and O–H groups in total. The van der Waals surface area contributed by atoms with Crippen LogP contribution in [0.15, 0.2) is 15.3 Å². The molecule has 3 atom stereocenters. The van der Waals surface area contributed by atoms with E-state index in [0.29, 0.717) is 190 Å². The number of thioether (sulfide) groups is 1. The maximum atomic E-state index is 13.8. The van der Waals surface area contributed by atoms with Crippen molar-refractivity contribution in [1.29, 1.82) is 0 Å². The number of nitrogens with one attached hydrogen (secondary N) is 7. The Kier molecular flexibility index (Phi) is 66.5. The van der Waals surface area contributed by atoms with Gasteiger partial charge < -0.3 is 127 Å². The Balaban J connectivity index is 1.86. The van der Waals surface area contributed by atoms with Gasteiger partial charge in [-0.15, -0.1) is 0 Å². The number of amides is 7. The van der Waals surface area contributed by atoms with Crippen LogP contribution in [0.4, 0.5) is 4.79 Å². The molecule has 610 valence electrons. The molecule has 41 nitrogen and oxygen atoms in total. The van der Waals surface area contributed by atoms with Crippen LogP contribution in [0.2, 0.25) is 0 Å². The second-order valence-corrected chi connectivity index (χ2v) is 24.2. The van der Waals surface area contributed by atoms with Gasteiger partial charge in [0.25, 0.3) is 0 Å². The highest BCUT2D eigenvalue weighted by molar-refractivity contribution is 8.00. The van der Waals surface area contributed by atoms with Crippen molar-refractivity contribution in [3.8, 4) is 0 Å². The van der Waals surface area contributed by atoms with Gasteiger partial charge in [-0.1, -0.05) is 21.8 Å². The largest absolute Gasteiger partial charge is 0.379 e. The first-order chi connectivity index (χ1) is 52.1. The maximum absolute atomic E-state index is 13.8. The molecule has 0 aromatic heterocycles. The molecule has 42 heteroatoms. The fourth-order valence-corrected chi connectivity index (χ4v) is 10.8. The van der Waals surface area contributed by atoms with Crippen LogP contribution in [0.3, 0.4) is 0 Å². The number of urea groups is 1. The van der Waals surface area contributed by atoms with Crippen LogP contribution >= 0.6 is 11.8 Å². The fourth-order valence-electron chi connectivity index (χ4n) is 9.23. The fraction of sp³-hybridized carbons (Fsp3) is 0.906. The third kappa shape index (κ3) is 61.1. The smallest absolute Gasteiger partial charge is 0.315 e. The van der Waals surface area contributed by atoms with Crippen LogP contribution in [0.25, 0.3) is 31.3 Å². The zero-order chi connectivity index (χ0) is 76.2. The average molecular weight is 1540 g/mol. The Labute approximate surface area is 624 Å². The van der Waals surface area contributed by atoms with Gasteiger partial charge in [0, 0.05) is 104 Å². The summed E-state index contributed by atoms with van der Waals surface area (Å²) in [6, 6.07) is 0.257. The van der Waals surface area contributed by atoms with Gasteiger partial charge in [0.15, 0.2) is 0 Å². The summed E-state index contributed by atoms with van der Waals surface area (Å²) in [5, 5.41) is 30.7. The van der Waals surface area contributed by atoms with Gasteiger partial charge in [-0.05, 0) is 29.4 Å². The van der Waals surface area contributed by atoms with E-state index in [1.807, 2.05) is 11.8 Å². The van der Waals surface area contributed by atoms with Crippen molar-refractivity contribution in [2.24, 2.45) is 15.3 Å². The highest BCUT2D eigenvalue weighted by Crippen LogP contribution is 2.33. The predicted molar refractivity (Wildman–Crippen MR) is 383 cm³/mol. The summed E-state index contributed by atoms with van der Waals surface area (Å²) in [6.45, 7) is 11.0. The number of rotatable bonds is 81. The molecule has 106 heavy (non-hydrogen) atoms. The molecule has 0 unspecified atom stereocenters. The molecule has 2 aliphatic heterocycles. The highest BCUT2D eigenvalue weighted by Gasteiger charge is 2.42. The predicted octanol–water partition coefficient (Wildman–Crippen LogP) is 0.839. The normalized spacial score (nSPS) is 14.9. The molecule has 0 spiro atoms. The van der Waals surface area contributed by atoms with Gasteiger partial charge >= 0.3 is 6.03 Å². The lowest BCUT2D eigenvalue weighted by Gasteiger charge is -2.34. The molecule has 2 aliphatic rings.